The predicted octanol–water partition coefficient (Wildman–Crippen LogP) is 4.74. The van der Waals surface area contributed by atoms with E-state index in [9.17, 15) is 0 Å². The van der Waals surface area contributed by atoms with E-state index in [-0.39, 0.29) is 17.6 Å². The van der Waals surface area contributed by atoms with Crippen LogP contribution in [-0.4, -0.2) is 87.8 Å². The highest BCUT2D eigenvalue weighted by atomic mass is 35.5. The van der Waals surface area contributed by atoms with Crippen molar-refractivity contribution in [1.29, 1.82) is 0 Å². The average Bonchev–Trinajstić information content (AvgIpc) is 3.10. The molecule has 0 radical (unpaired) electrons. The molecule has 4 aliphatic rings. The van der Waals surface area contributed by atoms with E-state index in [2.05, 4.69) is 70.9 Å². The van der Waals surface area contributed by atoms with Crippen molar-refractivity contribution in [3.8, 4) is 0 Å². The van der Waals surface area contributed by atoms with Gasteiger partial charge in [0.05, 0.1) is 16.8 Å². The van der Waals surface area contributed by atoms with Crippen molar-refractivity contribution in [3.63, 3.8) is 0 Å². The Balaban J connectivity index is 1.38. The Hall–Kier alpha value is -1.60. The molecule has 0 aliphatic carbocycles. The smallest absolute Gasteiger partial charge is 0.138 e. The van der Waals surface area contributed by atoms with E-state index in [1.165, 1.54) is 5.82 Å². The second kappa shape index (κ2) is 9.45. The average molecular weight is 504 g/mol. The fourth-order valence-corrected chi connectivity index (χ4v) is 6.93. The molecule has 5 rings (SSSR count). The lowest BCUT2D eigenvalue weighted by atomic mass is 9.82. The maximum atomic E-state index is 7.34. The molecule has 4 atom stereocenters. The fourth-order valence-electron chi connectivity index (χ4n) is 6.29. The van der Waals surface area contributed by atoms with Gasteiger partial charge in [-0.25, -0.2) is 0 Å². The van der Waals surface area contributed by atoms with Crippen LogP contribution >= 0.6 is 23.2 Å². The fraction of sp³-hybridized carbons (Fsp3) is 0.615. The molecule has 0 N–H and O–H groups in total. The van der Waals surface area contributed by atoms with Gasteiger partial charge in [-0.05, 0) is 84.5 Å². The molecule has 2 fully saturated rings. The highest BCUT2D eigenvalue weighted by molar-refractivity contribution is 6.31. The number of allylic oxidation sites excluding steroid dienone is 2. The van der Waals surface area contributed by atoms with Gasteiger partial charge in [-0.3, -0.25) is 19.8 Å². The maximum absolute atomic E-state index is 7.34. The summed E-state index contributed by atoms with van der Waals surface area (Å²) in [5.41, 5.74) is 0.260. The second-order valence-corrected chi connectivity index (χ2v) is 11.3. The number of halogens is 2. The van der Waals surface area contributed by atoms with Crippen LogP contribution in [0, 0.1) is 0 Å². The number of likely N-dealkylation sites (N-methyl/N-ethyl adjacent to an activating group) is 1. The quantitative estimate of drug-likeness (QED) is 0.439. The Morgan fingerprint density at radius 2 is 1.91 bits per heavy atom. The third kappa shape index (κ3) is 4.06. The molecule has 8 heteroatoms. The summed E-state index contributed by atoms with van der Waals surface area (Å²) in [6.07, 6.45) is 13.8. The number of aromatic nitrogens is 1. The molecule has 4 aliphatic heterocycles. The molecule has 0 saturated carbocycles. The number of amidine groups is 1. The lowest BCUT2D eigenvalue weighted by molar-refractivity contribution is 0.0531. The maximum Gasteiger partial charge on any atom is 0.138 e. The molecule has 0 spiro atoms. The SMILES string of the molecule is CN(C)C1CCN(C2=CC=CC3=N[C@@](C)([C@H]4CCC[C@@H](c5ncccc5Cl)N4C)C(Cl)N23)CC1. The van der Waals surface area contributed by atoms with E-state index in [1.807, 2.05) is 18.3 Å². The molecule has 1 aromatic rings. The number of fused-ring (bicyclic) bond motifs is 1. The summed E-state index contributed by atoms with van der Waals surface area (Å²) < 4.78 is 0. The minimum Gasteiger partial charge on any atom is -0.358 e. The van der Waals surface area contributed by atoms with Crippen molar-refractivity contribution in [2.24, 2.45) is 4.99 Å². The molecule has 34 heavy (non-hydrogen) atoms. The van der Waals surface area contributed by atoms with Crippen LogP contribution in [0.1, 0.15) is 50.8 Å². The summed E-state index contributed by atoms with van der Waals surface area (Å²) in [4.78, 5) is 19.4. The normalized spacial score (nSPS) is 32.7. The highest BCUT2D eigenvalue weighted by Crippen LogP contribution is 2.46. The largest absolute Gasteiger partial charge is 0.358 e. The molecule has 1 aromatic heterocycles. The van der Waals surface area contributed by atoms with E-state index >= 15 is 0 Å². The standard InChI is InChI=1S/C26H36Cl2N6/c1-26(21-10-5-9-20(32(21)4)24-19(27)8-7-15-29-24)25(28)34-22(30-26)11-6-12-23(34)33-16-13-18(14-17-33)31(2)3/h6-8,11-12,15,18,20-21,25H,5,9-10,13-14,16-17H2,1-4H3/t20-,21+,25?,26-/m0/s1. The van der Waals surface area contributed by atoms with Gasteiger partial charge in [0.15, 0.2) is 0 Å². The predicted molar refractivity (Wildman–Crippen MR) is 140 cm³/mol. The van der Waals surface area contributed by atoms with Crippen LogP contribution in [-0.2, 0) is 0 Å². The molecule has 184 valence electrons. The summed E-state index contributed by atoms with van der Waals surface area (Å²) in [7, 11) is 6.55. The summed E-state index contributed by atoms with van der Waals surface area (Å²) in [5.74, 6) is 2.16. The monoisotopic (exact) mass is 502 g/mol. The first-order valence-corrected chi connectivity index (χ1v) is 13.3. The Bertz CT molecular complexity index is 999. The first-order valence-electron chi connectivity index (χ1n) is 12.5. The highest BCUT2D eigenvalue weighted by Gasteiger charge is 2.54. The van der Waals surface area contributed by atoms with Gasteiger partial charge in [0.25, 0.3) is 0 Å². The zero-order valence-corrected chi connectivity index (χ0v) is 22.2. The molecule has 5 heterocycles. The topological polar surface area (TPSA) is 38.2 Å². The number of nitrogens with zero attached hydrogens (tertiary/aromatic N) is 6. The molecule has 6 nitrogen and oxygen atoms in total. The van der Waals surface area contributed by atoms with Crippen molar-refractivity contribution in [3.05, 3.63) is 53.1 Å². The van der Waals surface area contributed by atoms with Crippen molar-refractivity contribution < 1.29 is 0 Å². The third-order valence-corrected chi connectivity index (χ3v) is 9.24. The van der Waals surface area contributed by atoms with E-state index in [1.54, 1.807) is 0 Å². The van der Waals surface area contributed by atoms with Crippen LogP contribution in [0.25, 0.3) is 0 Å². The molecule has 2 saturated heterocycles. The summed E-state index contributed by atoms with van der Waals surface area (Å²) in [6, 6.07) is 4.84. The van der Waals surface area contributed by atoms with Crippen molar-refractivity contribution >= 4 is 29.0 Å². The van der Waals surface area contributed by atoms with Gasteiger partial charge in [0, 0.05) is 31.4 Å². The first kappa shape index (κ1) is 24.1. The van der Waals surface area contributed by atoms with Crippen LogP contribution in [0.5, 0.6) is 0 Å². The Kier molecular flexibility index (Phi) is 6.70. The number of pyridine rings is 1. The van der Waals surface area contributed by atoms with Crippen LogP contribution in [0.2, 0.25) is 5.02 Å². The lowest BCUT2D eigenvalue weighted by Crippen LogP contribution is -2.58. The molecule has 1 unspecified atom stereocenters. The summed E-state index contributed by atoms with van der Waals surface area (Å²) in [5, 5.41) is 0.733. The van der Waals surface area contributed by atoms with Gasteiger partial charge in [0.2, 0.25) is 0 Å². The van der Waals surface area contributed by atoms with Gasteiger partial charge in [-0.15, -0.1) is 0 Å². The Labute approximate surface area is 213 Å². The van der Waals surface area contributed by atoms with Gasteiger partial charge in [-0.1, -0.05) is 29.3 Å². The minimum absolute atomic E-state index is 0.168. The van der Waals surface area contributed by atoms with Gasteiger partial charge in [0.1, 0.15) is 22.7 Å². The van der Waals surface area contributed by atoms with Crippen LogP contribution in [0.3, 0.4) is 0 Å². The molecule has 0 bridgehead atoms. The van der Waals surface area contributed by atoms with Crippen LogP contribution in [0.15, 0.2) is 47.4 Å². The van der Waals surface area contributed by atoms with E-state index < -0.39 is 5.54 Å². The van der Waals surface area contributed by atoms with Gasteiger partial charge >= 0.3 is 0 Å². The second-order valence-electron chi connectivity index (χ2n) is 10.5. The Morgan fingerprint density at radius 1 is 1.15 bits per heavy atom. The van der Waals surface area contributed by atoms with E-state index in [0.717, 1.165) is 61.7 Å². The summed E-state index contributed by atoms with van der Waals surface area (Å²) >= 11 is 13.9. The minimum atomic E-state index is -0.443. The number of alkyl halides is 1. The zero-order valence-electron chi connectivity index (χ0n) is 20.7. The lowest BCUT2D eigenvalue weighted by Gasteiger charge is -2.48. The number of hydrogen-bond donors (Lipinski definition) is 0. The number of likely N-dealkylation sites (tertiary alicyclic amines) is 2. The van der Waals surface area contributed by atoms with Crippen molar-refractivity contribution in [2.45, 2.75) is 68.2 Å². The van der Waals surface area contributed by atoms with Crippen molar-refractivity contribution in [1.82, 2.24) is 24.6 Å². The van der Waals surface area contributed by atoms with Gasteiger partial charge in [-0.2, -0.15) is 0 Å². The van der Waals surface area contributed by atoms with Crippen LogP contribution in [0.4, 0.5) is 0 Å². The molecule has 0 aromatic carbocycles. The number of piperidine rings is 2. The molecular formula is C26H36Cl2N6. The number of rotatable bonds is 4. The molecule has 0 amide bonds. The number of aliphatic imine (C=N–C) groups is 1. The van der Waals surface area contributed by atoms with Crippen molar-refractivity contribution in [2.75, 3.05) is 34.2 Å². The van der Waals surface area contributed by atoms with Gasteiger partial charge < -0.3 is 9.80 Å². The van der Waals surface area contributed by atoms with E-state index in [4.69, 9.17) is 28.2 Å². The van der Waals surface area contributed by atoms with Crippen LogP contribution < -0.4 is 0 Å². The Morgan fingerprint density at radius 3 is 2.62 bits per heavy atom. The third-order valence-electron chi connectivity index (χ3n) is 8.28. The van der Waals surface area contributed by atoms with E-state index in [0.29, 0.717) is 6.04 Å². The summed E-state index contributed by atoms with van der Waals surface area (Å²) in [6.45, 7) is 4.30. The number of hydrogen-bond acceptors (Lipinski definition) is 6. The molecular weight excluding hydrogens is 467 g/mol. The first-order chi connectivity index (χ1) is 16.3. The zero-order chi connectivity index (χ0) is 24.0.